The normalized spacial score (nSPS) is 11.1. The summed E-state index contributed by atoms with van der Waals surface area (Å²) in [5.74, 6) is -0.143. The van der Waals surface area contributed by atoms with E-state index in [-0.39, 0.29) is 17.3 Å². The van der Waals surface area contributed by atoms with Gasteiger partial charge in [0.05, 0.1) is 5.69 Å². The number of hydrogen-bond donors (Lipinski definition) is 3. The molecule has 7 nitrogen and oxygen atoms in total. The molecule has 0 spiro atoms. The molecule has 3 rings (SSSR count). The Morgan fingerprint density at radius 1 is 1.10 bits per heavy atom. The number of halogens is 1. The summed E-state index contributed by atoms with van der Waals surface area (Å²) in [7, 11) is 0. The number of anilines is 1. The van der Waals surface area contributed by atoms with E-state index in [1.807, 2.05) is 20.8 Å². The fraction of sp³-hybridized carbons (Fsp3) is 0.261. The summed E-state index contributed by atoms with van der Waals surface area (Å²) in [5, 5.41) is 8.34. The highest BCUT2D eigenvalue weighted by molar-refractivity contribution is 5.97. The molecule has 0 aliphatic rings. The Balaban J connectivity index is 1.49. The lowest BCUT2D eigenvalue weighted by Crippen LogP contribution is -2.40. The number of benzene rings is 2. The third-order valence-corrected chi connectivity index (χ3v) is 4.18. The van der Waals surface area contributed by atoms with E-state index in [2.05, 4.69) is 20.9 Å². The van der Waals surface area contributed by atoms with Crippen molar-refractivity contribution in [1.82, 2.24) is 15.6 Å². The maximum Gasteiger partial charge on any atom is 0.319 e. The quantitative estimate of drug-likeness (QED) is 0.547. The number of rotatable bonds is 6. The van der Waals surface area contributed by atoms with Gasteiger partial charge in [-0.05, 0) is 63.2 Å². The molecule has 0 saturated heterocycles. The Morgan fingerprint density at radius 3 is 2.55 bits per heavy atom. The van der Waals surface area contributed by atoms with Crippen molar-refractivity contribution in [3.63, 3.8) is 0 Å². The second-order valence-electron chi connectivity index (χ2n) is 8.07. The van der Waals surface area contributed by atoms with Gasteiger partial charge in [0.15, 0.2) is 0 Å². The third kappa shape index (κ3) is 6.67. The number of nitrogens with zero attached hydrogens (tertiary/aromatic N) is 1. The fourth-order valence-corrected chi connectivity index (χ4v) is 2.78. The van der Waals surface area contributed by atoms with Crippen LogP contribution in [0.3, 0.4) is 0 Å². The van der Waals surface area contributed by atoms with E-state index in [0.717, 1.165) is 0 Å². The number of nitrogens with one attached hydrogen (secondary N) is 3. The molecule has 1 aromatic heterocycles. The SMILES string of the molecule is CC(C)(C)NC(=O)c1cccc(NC(=O)NCCc2coc(-c3ccc(F)cc3)n2)c1. The van der Waals surface area contributed by atoms with Gasteiger partial charge in [0.25, 0.3) is 5.91 Å². The van der Waals surface area contributed by atoms with E-state index in [4.69, 9.17) is 4.42 Å². The standard InChI is InChI=1S/C23H25FN4O3/c1-23(2,3)28-20(29)16-5-4-6-18(13-16)27-22(30)25-12-11-19-14-31-21(26-19)15-7-9-17(24)10-8-15/h4-10,13-14H,11-12H2,1-3H3,(H,28,29)(H2,25,27,30). The summed E-state index contributed by atoms with van der Waals surface area (Å²) in [6.45, 7) is 6.04. The lowest BCUT2D eigenvalue weighted by atomic mass is 10.1. The van der Waals surface area contributed by atoms with Crippen molar-refractivity contribution in [2.45, 2.75) is 32.7 Å². The minimum Gasteiger partial charge on any atom is -0.444 e. The van der Waals surface area contributed by atoms with Crippen molar-refractivity contribution in [2.24, 2.45) is 0 Å². The molecule has 31 heavy (non-hydrogen) atoms. The van der Waals surface area contributed by atoms with Gasteiger partial charge in [-0.3, -0.25) is 4.79 Å². The minimum absolute atomic E-state index is 0.209. The molecular formula is C23H25FN4O3. The predicted molar refractivity (Wildman–Crippen MR) is 116 cm³/mol. The second kappa shape index (κ2) is 9.42. The first-order chi connectivity index (χ1) is 14.7. The van der Waals surface area contributed by atoms with Crippen LogP contribution in [0, 0.1) is 5.82 Å². The zero-order valence-corrected chi connectivity index (χ0v) is 17.7. The zero-order valence-electron chi connectivity index (χ0n) is 17.7. The molecule has 0 unspecified atom stereocenters. The molecule has 3 N–H and O–H groups in total. The topological polar surface area (TPSA) is 96.3 Å². The average molecular weight is 424 g/mol. The molecule has 0 aliphatic carbocycles. The molecule has 8 heteroatoms. The van der Waals surface area contributed by atoms with E-state index in [0.29, 0.717) is 41.4 Å². The van der Waals surface area contributed by atoms with E-state index >= 15 is 0 Å². The van der Waals surface area contributed by atoms with Gasteiger partial charge in [0.1, 0.15) is 12.1 Å². The van der Waals surface area contributed by atoms with Crippen LogP contribution in [0.1, 0.15) is 36.8 Å². The number of oxazole rings is 1. The monoisotopic (exact) mass is 424 g/mol. The molecule has 0 fully saturated rings. The first kappa shape index (κ1) is 22.0. The number of aromatic nitrogens is 1. The van der Waals surface area contributed by atoms with Crippen LogP contribution < -0.4 is 16.0 Å². The lowest BCUT2D eigenvalue weighted by Gasteiger charge is -2.20. The van der Waals surface area contributed by atoms with Gasteiger partial charge in [0, 0.05) is 35.3 Å². The summed E-state index contributed by atoms with van der Waals surface area (Å²) in [6, 6.07) is 12.2. The van der Waals surface area contributed by atoms with E-state index in [1.54, 1.807) is 36.4 Å². The zero-order chi connectivity index (χ0) is 22.4. The highest BCUT2D eigenvalue weighted by Crippen LogP contribution is 2.19. The summed E-state index contributed by atoms with van der Waals surface area (Å²) in [4.78, 5) is 28.8. The van der Waals surface area contributed by atoms with Crippen LogP contribution in [0.15, 0.2) is 59.2 Å². The molecule has 3 amide bonds. The maximum absolute atomic E-state index is 13.0. The highest BCUT2D eigenvalue weighted by atomic mass is 19.1. The third-order valence-electron chi connectivity index (χ3n) is 4.18. The van der Waals surface area contributed by atoms with Gasteiger partial charge in [-0.2, -0.15) is 0 Å². The molecular weight excluding hydrogens is 399 g/mol. The summed E-state index contributed by atoms with van der Waals surface area (Å²) >= 11 is 0. The van der Waals surface area contributed by atoms with Crippen LogP contribution >= 0.6 is 0 Å². The Kier molecular flexibility index (Phi) is 6.69. The van der Waals surface area contributed by atoms with E-state index < -0.39 is 6.03 Å². The number of carbonyl (C=O) groups is 2. The first-order valence-corrected chi connectivity index (χ1v) is 9.87. The summed E-state index contributed by atoms with van der Waals surface area (Å²) in [5.41, 5.74) is 1.97. The Morgan fingerprint density at radius 2 is 1.84 bits per heavy atom. The summed E-state index contributed by atoms with van der Waals surface area (Å²) < 4.78 is 18.4. The molecule has 2 aromatic carbocycles. The summed E-state index contributed by atoms with van der Waals surface area (Å²) in [6.07, 6.45) is 1.97. The van der Waals surface area contributed by atoms with Crippen molar-refractivity contribution in [2.75, 3.05) is 11.9 Å². The molecule has 0 saturated carbocycles. The van der Waals surface area contributed by atoms with Crippen LogP contribution in [-0.2, 0) is 6.42 Å². The van der Waals surface area contributed by atoms with Crippen LogP contribution in [0.25, 0.3) is 11.5 Å². The largest absolute Gasteiger partial charge is 0.444 e. The molecule has 0 aliphatic heterocycles. The molecule has 162 valence electrons. The van der Waals surface area contributed by atoms with Crippen LogP contribution in [0.4, 0.5) is 14.9 Å². The Bertz CT molecular complexity index is 1060. The smallest absolute Gasteiger partial charge is 0.319 e. The maximum atomic E-state index is 13.0. The van der Waals surface area contributed by atoms with Crippen molar-refractivity contribution < 1.29 is 18.4 Å². The first-order valence-electron chi connectivity index (χ1n) is 9.87. The number of urea groups is 1. The van der Waals surface area contributed by atoms with Crippen molar-refractivity contribution in [3.8, 4) is 11.5 Å². The molecule has 1 heterocycles. The van der Waals surface area contributed by atoms with Gasteiger partial charge >= 0.3 is 6.03 Å². The van der Waals surface area contributed by atoms with Gasteiger partial charge in [-0.1, -0.05) is 6.07 Å². The fourth-order valence-electron chi connectivity index (χ4n) is 2.78. The average Bonchev–Trinajstić information content (AvgIpc) is 3.16. The lowest BCUT2D eigenvalue weighted by molar-refractivity contribution is 0.0919. The van der Waals surface area contributed by atoms with Crippen molar-refractivity contribution in [1.29, 1.82) is 0 Å². The second-order valence-corrected chi connectivity index (χ2v) is 8.07. The van der Waals surface area contributed by atoms with Gasteiger partial charge < -0.3 is 20.4 Å². The van der Waals surface area contributed by atoms with Gasteiger partial charge in [-0.25, -0.2) is 14.2 Å². The van der Waals surface area contributed by atoms with Gasteiger partial charge in [0.2, 0.25) is 5.89 Å². The Hall–Kier alpha value is -3.68. The predicted octanol–water partition coefficient (Wildman–Crippen LogP) is 4.37. The molecule has 3 aromatic rings. The Labute approximate surface area is 180 Å². The van der Waals surface area contributed by atoms with E-state index in [9.17, 15) is 14.0 Å². The number of hydrogen-bond acceptors (Lipinski definition) is 4. The van der Waals surface area contributed by atoms with Gasteiger partial charge in [-0.15, -0.1) is 0 Å². The minimum atomic E-state index is -0.393. The van der Waals surface area contributed by atoms with Crippen LogP contribution in [-0.4, -0.2) is 29.0 Å². The molecule has 0 radical (unpaired) electrons. The number of carbonyl (C=O) groups excluding carboxylic acids is 2. The van der Waals surface area contributed by atoms with E-state index in [1.165, 1.54) is 18.4 Å². The van der Waals surface area contributed by atoms with Crippen LogP contribution in [0.2, 0.25) is 0 Å². The highest BCUT2D eigenvalue weighted by Gasteiger charge is 2.15. The molecule has 0 atom stereocenters. The van der Waals surface area contributed by atoms with Crippen molar-refractivity contribution in [3.05, 3.63) is 71.9 Å². The number of amides is 3. The van der Waals surface area contributed by atoms with Crippen molar-refractivity contribution >= 4 is 17.6 Å². The molecule has 0 bridgehead atoms. The van der Waals surface area contributed by atoms with Crippen LogP contribution in [0.5, 0.6) is 0 Å².